The minimum Gasteiger partial charge on any atom is -0.504 e. The largest absolute Gasteiger partial charge is 0.504 e. The van der Waals surface area contributed by atoms with Gasteiger partial charge in [0.1, 0.15) is 0 Å². The van der Waals surface area contributed by atoms with E-state index in [4.69, 9.17) is 0 Å². The van der Waals surface area contributed by atoms with Crippen molar-refractivity contribution in [1.82, 2.24) is 0 Å². The number of phenols is 2. The average Bonchev–Trinajstić information content (AvgIpc) is 2.24. The first-order valence-corrected chi connectivity index (χ1v) is 4.76. The van der Waals surface area contributed by atoms with Gasteiger partial charge in [-0.05, 0) is 18.6 Å². The summed E-state index contributed by atoms with van der Waals surface area (Å²) in [4.78, 5) is 0. The molecule has 0 heterocycles. The van der Waals surface area contributed by atoms with Crippen molar-refractivity contribution in [1.29, 1.82) is 0 Å². The van der Waals surface area contributed by atoms with Crippen LogP contribution in [0.5, 0.6) is 11.5 Å². The van der Waals surface area contributed by atoms with Gasteiger partial charge in [0.25, 0.3) is 0 Å². The van der Waals surface area contributed by atoms with Crippen LogP contribution in [0.2, 0.25) is 0 Å². The number of aromatic hydroxyl groups is 2. The predicted octanol–water partition coefficient (Wildman–Crippen LogP) is 3.07. The van der Waals surface area contributed by atoms with E-state index < -0.39 is 0 Å². The van der Waals surface area contributed by atoms with Crippen LogP contribution in [0.1, 0.15) is 5.56 Å². The van der Waals surface area contributed by atoms with Crippen molar-refractivity contribution >= 4 is 0 Å². The van der Waals surface area contributed by atoms with Gasteiger partial charge >= 0.3 is 0 Å². The average molecular weight is 200 g/mol. The second-order valence-electron chi connectivity index (χ2n) is 3.54. The Morgan fingerprint density at radius 2 is 1.53 bits per heavy atom. The van der Waals surface area contributed by atoms with E-state index in [0.29, 0.717) is 5.56 Å². The lowest BCUT2D eigenvalue weighted by atomic mass is 10.0. The van der Waals surface area contributed by atoms with Crippen LogP contribution in [0.25, 0.3) is 11.1 Å². The molecule has 76 valence electrons. The zero-order valence-electron chi connectivity index (χ0n) is 8.44. The molecule has 0 saturated heterocycles. The van der Waals surface area contributed by atoms with Gasteiger partial charge in [0.15, 0.2) is 11.5 Å². The summed E-state index contributed by atoms with van der Waals surface area (Å²) in [5, 5.41) is 19.0. The maximum Gasteiger partial charge on any atom is 0.165 e. The molecule has 0 unspecified atom stereocenters. The van der Waals surface area contributed by atoms with E-state index in [2.05, 4.69) is 0 Å². The van der Waals surface area contributed by atoms with Gasteiger partial charge in [-0.15, -0.1) is 0 Å². The van der Waals surface area contributed by atoms with Crippen LogP contribution in [-0.2, 0) is 0 Å². The van der Waals surface area contributed by atoms with Crippen molar-refractivity contribution in [3.63, 3.8) is 0 Å². The van der Waals surface area contributed by atoms with Gasteiger partial charge in [0, 0.05) is 5.56 Å². The number of benzene rings is 2. The van der Waals surface area contributed by atoms with E-state index in [9.17, 15) is 10.2 Å². The summed E-state index contributed by atoms with van der Waals surface area (Å²) in [6, 6.07) is 12.7. The molecule has 0 aliphatic heterocycles. The number of para-hydroxylation sites is 1. The van der Waals surface area contributed by atoms with Gasteiger partial charge < -0.3 is 10.2 Å². The highest BCUT2D eigenvalue weighted by atomic mass is 16.3. The van der Waals surface area contributed by atoms with Crippen molar-refractivity contribution in [3.05, 3.63) is 48.0 Å². The number of phenolic OH excluding ortho intramolecular Hbond substituents is 2. The van der Waals surface area contributed by atoms with Crippen molar-refractivity contribution in [2.24, 2.45) is 0 Å². The highest BCUT2D eigenvalue weighted by Crippen LogP contribution is 2.35. The van der Waals surface area contributed by atoms with E-state index in [1.807, 2.05) is 31.2 Å². The summed E-state index contributed by atoms with van der Waals surface area (Å²) in [6.07, 6.45) is 0. The third-order valence-electron chi connectivity index (χ3n) is 2.38. The van der Waals surface area contributed by atoms with Crippen LogP contribution < -0.4 is 0 Å². The maximum absolute atomic E-state index is 9.67. The van der Waals surface area contributed by atoms with Crippen LogP contribution in [0.15, 0.2) is 42.5 Å². The zero-order valence-corrected chi connectivity index (χ0v) is 8.44. The SMILES string of the molecule is Cc1ccc(-c2cccc(O)c2O)cc1. The van der Waals surface area contributed by atoms with Gasteiger partial charge in [-0.25, -0.2) is 0 Å². The third-order valence-corrected chi connectivity index (χ3v) is 2.38. The Morgan fingerprint density at radius 3 is 2.20 bits per heavy atom. The number of rotatable bonds is 1. The van der Waals surface area contributed by atoms with E-state index in [-0.39, 0.29) is 11.5 Å². The van der Waals surface area contributed by atoms with Crippen molar-refractivity contribution in [3.8, 4) is 22.6 Å². The van der Waals surface area contributed by atoms with Crippen LogP contribution >= 0.6 is 0 Å². The summed E-state index contributed by atoms with van der Waals surface area (Å²) < 4.78 is 0. The molecule has 0 amide bonds. The van der Waals surface area contributed by atoms with Gasteiger partial charge in [-0.3, -0.25) is 0 Å². The molecule has 0 radical (unpaired) electrons. The van der Waals surface area contributed by atoms with Crippen molar-refractivity contribution < 1.29 is 10.2 Å². The van der Waals surface area contributed by atoms with Gasteiger partial charge in [0.05, 0.1) is 0 Å². The second kappa shape index (κ2) is 3.65. The summed E-state index contributed by atoms with van der Waals surface area (Å²) in [6.45, 7) is 2.01. The minimum atomic E-state index is -0.0897. The van der Waals surface area contributed by atoms with Gasteiger partial charge in [-0.2, -0.15) is 0 Å². The summed E-state index contributed by atoms with van der Waals surface area (Å²) >= 11 is 0. The molecular formula is C13H12O2. The Morgan fingerprint density at radius 1 is 0.867 bits per heavy atom. The van der Waals surface area contributed by atoms with Crippen molar-refractivity contribution in [2.75, 3.05) is 0 Å². The van der Waals surface area contributed by atoms with Gasteiger partial charge in [-0.1, -0.05) is 42.0 Å². The molecule has 2 aromatic carbocycles. The van der Waals surface area contributed by atoms with Crippen LogP contribution in [-0.4, -0.2) is 10.2 Å². The molecule has 0 atom stereocenters. The molecule has 2 rings (SSSR count). The molecule has 0 saturated carbocycles. The standard InChI is InChI=1S/C13H12O2/c1-9-5-7-10(8-6-9)11-3-2-4-12(14)13(11)15/h2-8,14-15H,1H3. The fourth-order valence-electron chi connectivity index (χ4n) is 1.50. The first-order valence-electron chi connectivity index (χ1n) is 4.76. The molecule has 0 fully saturated rings. The minimum absolute atomic E-state index is 0.0682. The van der Waals surface area contributed by atoms with E-state index >= 15 is 0 Å². The second-order valence-corrected chi connectivity index (χ2v) is 3.54. The van der Waals surface area contributed by atoms with Crippen LogP contribution in [0.3, 0.4) is 0 Å². The number of hydrogen-bond acceptors (Lipinski definition) is 2. The highest BCUT2D eigenvalue weighted by Gasteiger charge is 2.06. The van der Waals surface area contributed by atoms with Gasteiger partial charge in [0.2, 0.25) is 0 Å². The fourth-order valence-corrected chi connectivity index (χ4v) is 1.50. The van der Waals surface area contributed by atoms with Crippen LogP contribution in [0, 0.1) is 6.92 Å². The number of aryl methyl sites for hydroxylation is 1. The molecule has 0 aromatic heterocycles. The molecular weight excluding hydrogens is 188 g/mol. The van der Waals surface area contributed by atoms with E-state index in [1.54, 1.807) is 12.1 Å². The lowest BCUT2D eigenvalue weighted by Gasteiger charge is -2.06. The maximum atomic E-state index is 9.67. The third kappa shape index (κ3) is 1.79. The summed E-state index contributed by atoms with van der Waals surface area (Å²) in [5.41, 5.74) is 2.71. The fraction of sp³-hybridized carbons (Fsp3) is 0.0769. The first-order chi connectivity index (χ1) is 7.18. The van der Waals surface area contributed by atoms with E-state index in [0.717, 1.165) is 5.56 Å². The highest BCUT2D eigenvalue weighted by molar-refractivity contribution is 5.73. The summed E-state index contributed by atoms with van der Waals surface area (Å²) in [7, 11) is 0. The molecule has 2 heteroatoms. The van der Waals surface area contributed by atoms with Crippen molar-refractivity contribution in [2.45, 2.75) is 6.92 Å². The topological polar surface area (TPSA) is 40.5 Å². The smallest absolute Gasteiger partial charge is 0.165 e. The van der Waals surface area contributed by atoms with Crippen LogP contribution in [0.4, 0.5) is 0 Å². The number of hydrogen-bond donors (Lipinski definition) is 2. The first kappa shape index (κ1) is 9.59. The molecule has 0 spiro atoms. The Balaban J connectivity index is 2.54. The monoisotopic (exact) mass is 200 g/mol. The molecule has 2 nitrogen and oxygen atoms in total. The quantitative estimate of drug-likeness (QED) is 0.694. The normalized spacial score (nSPS) is 10.2. The lowest BCUT2D eigenvalue weighted by molar-refractivity contribution is 0.405. The molecule has 15 heavy (non-hydrogen) atoms. The molecule has 2 aromatic rings. The van der Waals surface area contributed by atoms with E-state index in [1.165, 1.54) is 11.6 Å². The Hall–Kier alpha value is -1.96. The molecule has 0 aliphatic carbocycles. The predicted molar refractivity (Wildman–Crippen MR) is 59.9 cm³/mol. The Bertz CT molecular complexity index is 472. The molecule has 2 N–H and O–H groups in total. The lowest BCUT2D eigenvalue weighted by Crippen LogP contribution is -1.80. The molecule has 0 aliphatic rings. The Kier molecular flexibility index (Phi) is 2.34. The summed E-state index contributed by atoms with van der Waals surface area (Å²) in [5.74, 6) is -0.158. The Labute approximate surface area is 88.4 Å². The molecule has 0 bridgehead atoms. The zero-order chi connectivity index (χ0) is 10.8.